The van der Waals surface area contributed by atoms with Gasteiger partial charge in [-0.2, -0.15) is 0 Å². The maximum absolute atomic E-state index is 13.1. The van der Waals surface area contributed by atoms with Gasteiger partial charge in [-0.05, 0) is 24.6 Å². The standard InChI is InChI=1S/C21H24N4O4/c1-16-21(28,10-12-29-16)15-23(13-17-7-3-2-4-8-17)19(26)14-25-20(27)24-11-6-5-9-18(24)22-25/h2-9,11,16,28H,10,12-15H2,1H3/t16-,21+/m0/s1. The number of nitrogens with zero attached hydrogens (tertiary/aromatic N) is 4. The average molecular weight is 396 g/mol. The van der Waals surface area contributed by atoms with Crippen LogP contribution in [0.3, 0.4) is 0 Å². The maximum Gasteiger partial charge on any atom is 0.350 e. The highest BCUT2D eigenvalue weighted by molar-refractivity contribution is 5.76. The lowest BCUT2D eigenvalue weighted by atomic mass is 9.95. The minimum atomic E-state index is -1.12. The van der Waals surface area contributed by atoms with Crippen LogP contribution in [0.25, 0.3) is 5.65 Å². The fourth-order valence-electron chi connectivity index (χ4n) is 3.64. The molecule has 0 spiro atoms. The van der Waals surface area contributed by atoms with Gasteiger partial charge in [-0.25, -0.2) is 9.48 Å². The van der Waals surface area contributed by atoms with Gasteiger partial charge < -0.3 is 14.7 Å². The van der Waals surface area contributed by atoms with E-state index in [-0.39, 0.29) is 30.8 Å². The number of carbonyl (C=O) groups is 1. The second-order valence-corrected chi connectivity index (χ2v) is 7.47. The Morgan fingerprint density at radius 2 is 2.03 bits per heavy atom. The van der Waals surface area contributed by atoms with Gasteiger partial charge in [-0.1, -0.05) is 36.4 Å². The third-order valence-corrected chi connectivity index (χ3v) is 5.47. The summed E-state index contributed by atoms with van der Waals surface area (Å²) in [6.07, 6.45) is 1.71. The molecule has 1 aromatic carbocycles. The lowest BCUT2D eigenvalue weighted by Gasteiger charge is -2.33. The molecule has 29 heavy (non-hydrogen) atoms. The molecular weight excluding hydrogens is 372 g/mol. The zero-order chi connectivity index (χ0) is 20.4. The molecule has 1 amide bonds. The number of aliphatic hydroxyl groups is 1. The molecule has 0 bridgehead atoms. The SMILES string of the molecule is C[C@@H]1OCC[C@@]1(O)CN(Cc1ccccc1)C(=O)Cn1nc2ccccn2c1=O. The molecule has 4 rings (SSSR count). The van der Waals surface area contributed by atoms with E-state index in [0.29, 0.717) is 25.2 Å². The molecule has 0 saturated carbocycles. The second-order valence-electron chi connectivity index (χ2n) is 7.47. The first-order valence-corrected chi connectivity index (χ1v) is 9.66. The summed E-state index contributed by atoms with van der Waals surface area (Å²) in [5.41, 5.74) is -0.0616. The fourth-order valence-corrected chi connectivity index (χ4v) is 3.64. The van der Waals surface area contributed by atoms with Crippen LogP contribution in [0.15, 0.2) is 59.5 Å². The molecule has 0 unspecified atom stereocenters. The van der Waals surface area contributed by atoms with Gasteiger partial charge in [0.15, 0.2) is 5.65 Å². The van der Waals surface area contributed by atoms with Gasteiger partial charge in [0, 0.05) is 25.8 Å². The van der Waals surface area contributed by atoms with Crippen molar-refractivity contribution in [3.8, 4) is 0 Å². The van der Waals surface area contributed by atoms with E-state index in [1.54, 1.807) is 29.3 Å². The molecule has 1 aliphatic heterocycles. The molecule has 1 N–H and O–H groups in total. The van der Waals surface area contributed by atoms with Crippen molar-refractivity contribution in [3.05, 3.63) is 70.8 Å². The van der Waals surface area contributed by atoms with Gasteiger partial charge in [0.2, 0.25) is 5.91 Å². The van der Waals surface area contributed by atoms with Crippen LogP contribution in [0.2, 0.25) is 0 Å². The molecule has 0 radical (unpaired) electrons. The minimum absolute atomic E-state index is 0.129. The molecule has 1 fully saturated rings. The zero-order valence-corrected chi connectivity index (χ0v) is 16.3. The zero-order valence-electron chi connectivity index (χ0n) is 16.3. The first-order valence-electron chi connectivity index (χ1n) is 9.66. The third-order valence-electron chi connectivity index (χ3n) is 5.47. The van der Waals surface area contributed by atoms with E-state index in [4.69, 9.17) is 4.74 Å². The lowest BCUT2D eigenvalue weighted by Crippen LogP contribution is -2.50. The summed E-state index contributed by atoms with van der Waals surface area (Å²) in [5.74, 6) is -0.285. The van der Waals surface area contributed by atoms with Crippen molar-refractivity contribution in [2.24, 2.45) is 0 Å². The summed E-state index contributed by atoms with van der Waals surface area (Å²) in [4.78, 5) is 27.3. The molecule has 8 nitrogen and oxygen atoms in total. The highest BCUT2D eigenvalue weighted by Gasteiger charge is 2.42. The molecule has 1 saturated heterocycles. The first kappa shape index (κ1) is 19.4. The number of fused-ring (bicyclic) bond motifs is 1. The summed E-state index contributed by atoms with van der Waals surface area (Å²) >= 11 is 0. The average Bonchev–Trinajstić information content (AvgIpc) is 3.21. The Morgan fingerprint density at radius 1 is 1.28 bits per heavy atom. The van der Waals surface area contributed by atoms with Crippen molar-refractivity contribution in [1.82, 2.24) is 19.1 Å². The third kappa shape index (κ3) is 3.94. The molecule has 2 atom stereocenters. The topological polar surface area (TPSA) is 89.1 Å². The molecular formula is C21H24N4O4. The quantitative estimate of drug-likeness (QED) is 0.673. The number of rotatable bonds is 6. The first-order chi connectivity index (χ1) is 14.0. The van der Waals surface area contributed by atoms with E-state index in [2.05, 4.69) is 5.10 Å². The van der Waals surface area contributed by atoms with Crippen LogP contribution in [-0.4, -0.2) is 55.0 Å². The normalized spacial score (nSPS) is 21.5. The summed E-state index contributed by atoms with van der Waals surface area (Å²) in [7, 11) is 0. The highest BCUT2D eigenvalue weighted by Crippen LogP contribution is 2.27. The van der Waals surface area contributed by atoms with Crippen molar-refractivity contribution >= 4 is 11.6 Å². The number of hydrogen-bond donors (Lipinski definition) is 1. The minimum Gasteiger partial charge on any atom is -0.385 e. The van der Waals surface area contributed by atoms with E-state index in [9.17, 15) is 14.7 Å². The van der Waals surface area contributed by atoms with Crippen molar-refractivity contribution in [1.29, 1.82) is 0 Å². The molecule has 0 aliphatic carbocycles. The molecule has 8 heteroatoms. The fraction of sp³-hybridized carbons (Fsp3) is 0.381. The Kier molecular flexibility index (Phi) is 5.21. The number of amides is 1. The van der Waals surface area contributed by atoms with E-state index in [1.807, 2.05) is 37.3 Å². The van der Waals surface area contributed by atoms with Gasteiger partial charge in [-0.3, -0.25) is 9.20 Å². The van der Waals surface area contributed by atoms with Gasteiger partial charge in [0.1, 0.15) is 12.1 Å². The van der Waals surface area contributed by atoms with Gasteiger partial charge in [0.05, 0.1) is 12.6 Å². The summed E-state index contributed by atoms with van der Waals surface area (Å²) in [6, 6.07) is 14.8. The van der Waals surface area contributed by atoms with Crippen LogP contribution in [0.5, 0.6) is 0 Å². The van der Waals surface area contributed by atoms with E-state index >= 15 is 0 Å². The summed E-state index contributed by atoms with van der Waals surface area (Å²) in [5, 5.41) is 15.2. The Morgan fingerprint density at radius 3 is 2.72 bits per heavy atom. The van der Waals surface area contributed by atoms with Gasteiger partial charge >= 0.3 is 5.69 Å². The maximum atomic E-state index is 13.1. The Bertz CT molecular complexity index is 1060. The summed E-state index contributed by atoms with van der Waals surface area (Å²) < 4.78 is 8.08. The van der Waals surface area contributed by atoms with Crippen molar-refractivity contribution in [2.45, 2.75) is 38.1 Å². The van der Waals surface area contributed by atoms with Crippen LogP contribution < -0.4 is 5.69 Å². The smallest absolute Gasteiger partial charge is 0.350 e. The van der Waals surface area contributed by atoms with Crippen LogP contribution in [0, 0.1) is 0 Å². The number of benzene rings is 1. The molecule has 152 valence electrons. The number of carbonyl (C=O) groups excluding carboxylic acids is 1. The Balaban J connectivity index is 1.59. The Hall–Kier alpha value is -2.97. The van der Waals surface area contributed by atoms with Gasteiger partial charge in [-0.15, -0.1) is 5.10 Å². The largest absolute Gasteiger partial charge is 0.385 e. The van der Waals surface area contributed by atoms with E-state index in [0.717, 1.165) is 10.2 Å². The van der Waals surface area contributed by atoms with Crippen LogP contribution in [0.1, 0.15) is 18.9 Å². The predicted molar refractivity (Wildman–Crippen MR) is 106 cm³/mol. The lowest BCUT2D eigenvalue weighted by molar-refractivity contribution is -0.138. The number of ether oxygens (including phenoxy) is 1. The predicted octanol–water partition coefficient (Wildman–Crippen LogP) is 1.06. The highest BCUT2D eigenvalue weighted by atomic mass is 16.5. The van der Waals surface area contributed by atoms with E-state index < -0.39 is 5.60 Å². The number of hydrogen-bond acceptors (Lipinski definition) is 5. The van der Waals surface area contributed by atoms with Crippen molar-refractivity contribution < 1.29 is 14.6 Å². The summed E-state index contributed by atoms with van der Waals surface area (Å²) in [6.45, 7) is 2.53. The van der Waals surface area contributed by atoms with Crippen LogP contribution in [0.4, 0.5) is 0 Å². The molecule has 3 heterocycles. The van der Waals surface area contributed by atoms with Crippen LogP contribution in [-0.2, 0) is 22.6 Å². The van der Waals surface area contributed by atoms with Crippen LogP contribution >= 0.6 is 0 Å². The number of pyridine rings is 1. The van der Waals surface area contributed by atoms with Gasteiger partial charge in [0.25, 0.3) is 0 Å². The second kappa shape index (κ2) is 7.81. The van der Waals surface area contributed by atoms with Crippen molar-refractivity contribution in [2.75, 3.05) is 13.2 Å². The number of aromatic nitrogens is 3. The Labute approximate surface area is 167 Å². The molecule has 2 aromatic heterocycles. The molecule has 3 aromatic rings. The monoisotopic (exact) mass is 396 g/mol. The molecule has 1 aliphatic rings. The van der Waals surface area contributed by atoms with E-state index in [1.165, 1.54) is 4.40 Å². The van der Waals surface area contributed by atoms with Crippen molar-refractivity contribution in [3.63, 3.8) is 0 Å².